The van der Waals surface area contributed by atoms with Crippen molar-refractivity contribution in [1.29, 1.82) is 0 Å². The highest BCUT2D eigenvalue weighted by Gasteiger charge is 2.31. The average molecular weight is 447 g/mol. The number of pyridine rings is 1. The second-order valence-electron chi connectivity index (χ2n) is 6.96. The molecule has 2 aromatic carbocycles. The number of alkyl halides is 3. The van der Waals surface area contributed by atoms with E-state index in [1.54, 1.807) is 38.3 Å². The van der Waals surface area contributed by atoms with Crippen LogP contribution in [0.4, 0.5) is 18.9 Å². The maximum Gasteiger partial charge on any atom is 0.573 e. The Morgan fingerprint density at radius 2 is 1.72 bits per heavy atom. The van der Waals surface area contributed by atoms with Crippen molar-refractivity contribution in [3.63, 3.8) is 0 Å². The largest absolute Gasteiger partial charge is 0.573 e. The van der Waals surface area contributed by atoms with Gasteiger partial charge in [-0.25, -0.2) is 0 Å². The number of hydrogen-bond acceptors (Lipinski definition) is 5. The number of rotatable bonds is 6. The minimum atomic E-state index is -4.80. The SMILES string of the molecule is COc1ccc2cc(C(=O)N(C)CC(=O)Nc3ccc(OC(F)(F)F)cc3)c(C)nc2c1. The van der Waals surface area contributed by atoms with Crippen LogP contribution in [-0.2, 0) is 4.79 Å². The molecular formula is C22H20F3N3O4. The van der Waals surface area contributed by atoms with Gasteiger partial charge in [0.1, 0.15) is 11.5 Å². The van der Waals surface area contributed by atoms with Gasteiger partial charge in [-0.1, -0.05) is 0 Å². The first-order valence-electron chi connectivity index (χ1n) is 9.42. The molecule has 0 radical (unpaired) electrons. The number of nitrogens with zero attached hydrogens (tertiary/aromatic N) is 2. The topological polar surface area (TPSA) is 80.8 Å². The third kappa shape index (κ3) is 5.65. The Morgan fingerprint density at radius 1 is 1.06 bits per heavy atom. The number of hydrogen-bond donors (Lipinski definition) is 1. The number of methoxy groups -OCH3 is 1. The second-order valence-corrected chi connectivity index (χ2v) is 6.96. The van der Waals surface area contributed by atoms with Crippen molar-refractivity contribution >= 4 is 28.4 Å². The molecule has 168 valence electrons. The predicted molar refractivity (Wildman–Crippen MR) is 112 cm³/mol. The number of carbonyl (C=O) groups excluding carboxylic acids is 2. The van der Waals surface area contributed by atoms with E-state index in [0.29, 0.717) is 22.5 Å². The molecule has 0 aliphatic rings. The van der Waals surface area contributed by atoms with Crippen LogP contribution in [0, 0.1) is 6.92 Å². The molecule has 0 aliphatic carbocycles. The first-order chi connectivity index (χ1) is 15.1. The third-order valence-corrected chi connectivity index (χ3v) is 4.54. The molecule has 10 heteroatoms. The van der Waals surface area contributed by atoms with Gasteiger partial charge < -0.3 is 19.7 Å². The standard InChI is InChI=1S/C22H20F3N3O4/c1-13-18(10-14-4-7-17(31-3)11-19(14)26-13)21(30)28(2)12-20(29)27-15-5-8-16(9-6-15)32-22(23,24)25/h4-11H,12H2,1-3H3,(H,27,29). The highest BCUT2D eigenvalue weighted by atomic mass is 19.4. The minimum Gasteiger partial charge on any atom is -0.497 e. The molecule has 0 spiro atoms. The Bertz CT molecular complexity index is 1150. The average Bonchev–Trinajstić information content (AvgIpc) is 2.72. The predicted octanol–water partition coefficient (Wildman–Crippen LogP) is 4.16. The number of ether oxygens (including phenoxy) is 2. The third-order valence-electron chi connectivity index (χ3n) is 4.54. The smallest absolute Gasteiger partial charge is 0.497 e. The van der Waals surface area contributed by atoms with Crippen molar-refractivity contribution in [3.8, 4) is 11.5 Å². The molecule has 1 heterocycles. The molecule has 0 fully saturated rings. The Kier molecular flexibility index (Phi) is 6.52. The van der Waals surface area contributed by atoms with Gasteiger partial charge in [0.25, 0.3) is 5.91 Å². The summed E-state index contributed by atoms with van der Waals surface area (Å²) in [5, 5.41) is 3.28. The number of anilines is 1. The van der Waals surface area contributed by atoms with Crippen LogP contribution >= 0.6 is 0 Å². The lowest BCUT2D eigenvalue weighted by Gasteiger charge is -2.18. The van der Waals surface area contributed by atoms with Gasteiger partial charge in [0.15, 0.2) is 0 Å². The number of likely N-dealkylation sites (N-methyl/N-ethyl adjacent to an activating group) is 1. The highest BCUT2D eigenvalue weighted by Crippen LogP contribution is 2.24. The summed E-state index contributed by atoms with van der Waals surface area (Å²) in [4.78, 5) is 30.8. The summed E-state index contributed by atoms with van der Waals surface area (Å²) in [6.45, 7) is 1.43. The zero-order valence-electron chi connectivity index (χ0n) is 17.5. The van der Waals surface area contributed by atoms with Crippen LogP contribution in [-0.4, -0.2) is 48.8 Å². The van der Waals surface area contributed by atoms with Crippen molar-refractivity contribution in [2.24, 2.45) is 0 Å². The molecule has 1 aromatic heterocycles. The lowest BCUT2D eigenvalue weighted by Crippen LogP contribution is -2.35. The Labute approximate surface area is 181 Å². The van der Waals surface area contributed by atoms with Crippen LogP contribution in [0.15, 0.2) is 48.5 Å². The van der Waals surface area contributed by atoms with Crippen LogP contribution in [0.3, 0.4) is 0 Å². The molecule has 7 nitrogen and oxygen atoms in total. The van der Waals surface area contributed by atoms with Crippen LogP contribution in [0.5, 0.6) is 11.5 Å². The number of amides is 2. The fourth-order valence-corrected chi connectivity index (χ4v) is 3.02. The van der Waals surface area contributed by atoms with Crippen molar-refractivity contribution in [2.45, 2.75) is 13.3 Å². The monoisotopic (exact) mass is 447 g/mol. The fourth-order valence-electron chi connectivity index (χ4n) is 3.02. The van der Waals surface area contributed by atoms with Crippen LogP contribution in [0.1, 0.15) is 16.1 Å². The summed E-state index contributed by atoms with van der Waals surface area (Å²) < 4.78 is 45.6. The van der Waals surface area contributed by atoms with Crippen LogP contribution in [0.25, 0.3) is 10.9 Å². The number of nitrogens with one attached hydrogen (secondary N) is 1. The number of aromatic nitrogens is 1. The zero-order valence-corrected chi connectivity index (χ0v) is 17.5. The van der Waals surface area contributed by atoms with Gasteiger partial charge in [-0.2, -0.15) is 0 Å². The van der Waals surface area contributed by atoms with Crippen molar-refractivity contribution in [1.82, 2.24) is 9.88 Å². The number of fused-ring (bicyclic) bond motifs is 1. The summed E-state index contributed by atoms with van der Waals surface area (Å²) >= 11 is 0. The second kappa shape index (κ2) is 9.13. The van der Waals surface area contributed by atoms with Gasteiger partial charge >= 0.3 is 6.36 Å². The molecule has 0 atom stereocenters. The van der Waals surface area contributed by atoms with Gasteiger partial charge in [-0.05, 0) is 49.4 Å². The molecule has 0 saturated carbocycles. The first-order valence-corrected chi connectivity index (χ1v) is 9.42. The number of benzene rings is 2. The fraction of sp³-hybridized carbons (Fsp3) is 0.227. The van der Waals surface area contributed by atoms with E-state index >= 15 is 0 Å². The maximum atomic E-state index is 12.9. The van der Waals surface area contributed by atoms with Gasteiger partial charge in [0.05, 0.1) is 30.4 Å². The van der Waals surface area contributed by atoms with Crippen molar-refractivity contribution in [3.05, 3.63) is 59.8 Å². The summed E-state index contributed by atoms with van der Waals surface area (Å²) in [7, 11) is 3.02. The van der Waals surface area contributed by atoms with Gasteiger partial charge in [0, 0.05) is 24.2 Å². The number of carbonyl (C=O) groups is 2. The summed E-state index contributed by atoms with van der Waals surface area (Å²) in [5.41, 5.74) is 1.80. The Hall–Kier alpha value is -3.82. The van der Waals surface area contributed by atoms with E-state index < -0.39 is 23.9 Å². The normalized spacial score (nSPS) is 11.2. The van der Waals surface area contributed by atoms with E-state index in [-0.39, 0.29) is 12.2 Å². The van der Waals surface area contributed by atoms with E-state index in [2.05, 4.69) is 15.0 Å². The summed E-state index contributed by atoms with van der Waals surface area (Å²) in [6.07, 6.45) is -4.80. The van der Waals surface area contributed by atoms with Gasteiger partial charge in [-0.3, -0.25) is 14.6 Å². The summed E-state index contributed by atoms with van der Waals surface area (Å²) in [6, 6.07) is 11.7. The molecule has 0 saturated heterocycles. The Balaban J connectivity index is 1.66. The summed E-state index contributed by atoms with van der Waals surface area (Å²) in [5.74, 6) is -0.659. The highest BCUT2D eigenvalue weighted by molar-refractivity contribution is 6.01. The van der Waals surface area contributed by atoms with Crippen molar-refractivity contribution in [2.75, 3.05) is 26.0 Å². The van der Waals surface area contributed by atoms with E-state index in [9.17, 15) is 22.8 Å². The maximum absolute atomic E-state index is 12.9. The minimum absolute atomic E-state index is 0.264. The molecule has 32 heavy (non-hydrogen) atoms. The quantitative estimate of drug-likeness (QED) is 0.614. The Morgan fingerprint density at radius 3 is 2.34 bits per heavy atom. The molecule has 3 rings (SSSR count). The molecule has 0 aliphatic heterocycles. The van der Waals surface area contributed by atoms with Gasteiger partial charge in [-0.15, -0.1) is 13.2 Å². The molecule has 0 bridgehead atoms. The number of aryl methyl sites for hydroxylation is 1. The van der Waals surface area contributed by atoms with E-state index in [1.165, 1.54) is 24.1 Å². The van der Waals surface area contributed by atoms with Crippen LogP contribution < -0.4 is 14.8 Å². The number of halogens is 3. The van der Waals surface area contributed by atoms with E-state index in [0.717, 1.165) is 17.5 Å². The van der Waals surface area contributed by atoms with E-state index in [1.807, 2.05) is 0 Å². The molecular weight excluding hydrogens is 427 g/mol. The molecule has 2 amide bonds. The molecule has 3 aromatic rings. The van der Waals surface area contributed by atoms with Gasteiger partial charge in [0.2, 0.25) is 5.91 Å². The molecule has 1 N–H and O–H groups in total. The van der Waals surface area contributed by atoms with Crippen LogP contribution in [0.2, 0.25) is 0 Å². The lowest BCUT2D eigenvalue weighted by atomic mass is 10.1. The van der Waals surface area contributed by atoms with E-state index in [4.69, 9.17) is 4.74 Å². The van der Waals surface area contributed by atoms with Crippen molar-refractivity contribution < 1.29 is 32.2 Å². The zero-order chi connectivity index (χ0) is 23.5. The first kappa shape index (κ1) is 22.9. The lowest BCUT2D eigenvalue weighted by molar-refractivity contribution is -0.274. The molecule has 0 unspecified atom stereocenters.